The van der Waals surface area contributed by atoms with Gasteiger partial charge in [-0.15, -0.1) is 0 Å². The number of aromatic nitrogens is 1. The third kappa shape index (κ3) is 6.79. The molecule has 1 heterocycles. The molecule has 4 aliphatic carbocycles. The molecule has 1 aromatic heterocycles. The van der Waals surface area contributed by atoms with Crippen molar-refractivity contribution in [1.82, 2.24) is 4.98 Å². The van der Waals surface area contributed by atoms with Crippen molar-refractivity contribution in [3.63, 3.8) is 0 Å². The Hall–Kier alpha value is -5.47. The van der Waals surface area contributed by atoms with Gasteiger partial charge in [0.15, 0.2) is 0 Å². The van der Waals surface area contributed by atoms with E-state index >= 15 is 0 Å². The molecule has 0 aliphatic heterocycles. The Morgan fingerprint density at radius 2 is 0.898 bits per heavy atom. The Balaban J connectivity index is 0.954. The number of benzene rings is 6. The predicted octanol–water partition coefficient (Wildman–Crippen LogP) is 12.2. The molecule has 0 radical (unpaired) electrons. The molecule has 4 fully saturated rings. The zero-order chi connectivity index (χ0) is 40.5. The molecule has 11 rings (SSSR count). The van der Waals surface area contributed by atoms with Crippen molar-refractivity contribution >= 4 is 23.1 Å². The van der Waals surface area contributed by atoms with Crippen LogP contribution >= 0.6 is 0 Å². The third-order valence-corrected chi connectivity index (χ3v) is 14.9. The van der Waals surface area contributed by atoms with E-state index in [9.17, 15) is 0 Å². The molecule has 6 aromatic carbocycles. The van der Waals surface area contributed by atoms with E-state index in [0.717, 1.165) is 11.8 Å². The number of aryl methyl sites for hydroxylation is 6. The topological polar surface area (TPSA) is 12.9 Å². The first kappa shape index (κ1) is 37.8. The molecule has 2 unspecified atom stereocenters. The molecular formula is C57H56BN. The number of rotatable bonds is 8. The molecule has 4 bridgehead atoms. The average Bonchev–Trinajstić information content (AvgIpc) is 3.22. The fourth-order valence-corrected chi connectivity index (χ4v) is 13.1. The first-order chi connectivity index (χ1) is 28.6. The van der Waals surface area contributed by atoms with E-state index in [-0.39, 0.29) is 17.5 Å². The first-order valence-corrected chi connectivity index (χ1v) is 22.0. The molecule has 0 amide bonds. The zero-order valence-corrected chi connectivity index (χ0v) is 35.8. The van der Waals surface area contributed by atoms with E-state index in [1.807, 2.05) is 18.5 Å². The number of hydrogen-bond acceptors (Lipinski definition) is 1. The largest absolute Gasteiger partial charge is 0.264 e. The van der Waals surface area contributed by atoms with Crippen LogP contribution < -0.4 is 16.4 Å². The lowest BCUT2D eigenvalue weighted by Crippen LogP contribution is -2.55. The molecule has 2 atom stereocenters. The summed E-state index contributed by atoms with van der Waals surface area (Å²) in [5.74, 6) is 1.64. The second-order valence-electron chi connectivity index (χ2n) is 19.2. The van der Waals surface area contributed by atoms with Crippen LogP contribution in [-0.2, 0) is 10.8 Å². The van der Waals surface area contributed by atoms with Crippen molar-refractivity contribution in [2.45, 2.75) is 90.9 Å². The Labute approximate surface area is 353 Å². The fourth-order valence-electron chi connectivity index (χ4n) is 13.1. The minimum absolute atomic E-state index is 0.154. The lowest BCUT2D eigenvalue weighted by molar-refractivity contribution is -0.0281. The molecule has 4 saturated carbocycles. The summed E-state index contributed by atoms with van der Waals surface area (Å²) in [5, 5.41) is 0. The molecule has 4 aliphatic rings. The minimum atomic E-state index is 0.154. The van der Waals surface area contributed by atoms with Crippen LogP contribution in [0.1, 0.15) is 83.0 Å². The Kier molecular flexibility index (Phi) is 9.39. The van der Waals surface area contributed by atoms with Crippen LogP contribution in [0.4, 0.5) is 0 Å². The summed E-state index contributed by atoms with van der Waals surface area (Å²) >= 11 is 0. The van der Waals surface area contributed by atoms with E-state index in [4.69, 9.17) is 0 Å². The van der Waals surface area contributed by atoms with Gasteiger partial charge in [-0.05, 0) is 159 Å². The smallest absolute Gasteiger partial charge is 0.242 e. The minimum Gasteiger partial charge on any atom is -0.264 e. The van der Waals surface area contributed by atoms with Crippen LogP contribution in [0.2, 0.25) is 0 Å². The molecule has 2 heteroatoms. The Morgan fingerprint density at radius 3 is 1.39 bits per heavy atom. The van der Waals surface area contributed by atoms with Crippen molar-refractivity contribution in [3.8, 4) is 33.4 Å². The highest BCUT2D eigenvalue weighted by atomic mass is 14.6. The van der Waals surface area contributed by atoms with Crippen molar-refractivity contribution in [2.24, 2.45) is 11.8 Å². The summed E-state index contributed by atoms with van der Waals surface area (Å²) in [5.41, 5.74) is 23.5. The van der Waals surface area contributed by atoms with Gasteiger partial charge in [-0.25, -0.2) is 0 Å². The summed E-state index contributed by atoms with van der Waals surface area (Å²) in [6.45, 7) is 13.8. The quantitative estimate of drug-likeness (QED) is 0.140. The van der Waals surface area contributed by atoms with Gasteiger partial charge in [-0.2, -0.15) is 0 Å². The van der Waals surface area contributed by atoms with Crippen LogP contribution in [-0.4, -0.2) is 11.7 Å². The Morgan fingerprint density at radius 1 is 0.458 bits per heavy atom. The highest BCUT2D eigenvalue weighted by Gasteiger charge is 2.58. The zero-order valence-electron chi connectivity index (χ0n) is 35.8. The second-order valence-corrected chi connectivity index (χ2v) is 19.2. The SMILES string of the molecule is Cc1cc(C)c(B(c2cccc(-c3cccc(-c4ccc(C56CC7CC(CC(c8ccc(-c9cccnc9)cc8)(C7)C5)C6)cc4)c3)c2)c2c(C)cc(C)cc2C)c(C)c1. The second kappa shape index (κ2) is 14.7. The summed E-state index contributed by atoms with van der Waals surface area (Å²) in [7, 11) is 0. The van der Waals surface area contributed by atoms with Crippen LogP contribution in [0.25, 0.3) is 33.4 Å². The normalized spacial score (nSPS) is 21.8. The van der Waals surface area contributed by atoms with E-state index in [0.29, 0.717) is 0 Å². The van der Waals surface area contributed by atoms with Gasteiger partial charge in [-0.3, -0.25) is 4.98 Å². The summed E-state index contributed by atoms with van der Waals surface area (Å²) < 4.78 is 0. The van der Waals surface area contributed by atoms with Crippen molar-refractivity contribution in [3.05, 3.63) is 190 Å². The number of hydrogen-bond donors (Lipinski definition) is 0. The molecule has 1 nitrogen and oxygen atoms in total. The third-order valence-electron chi connectivity index (χ3n) is 14.9. The molecule has 0 saturated heterocycles. The van der Waals surface area contributed by atoms with E-state index in [2.05, 4.69) is 174 Å². The van der Waals surface area contributed by atoms with E-state index in [1.165, 1.54) is 122 Å². The van der Waals surface area contributed by atoms with Gasteiger partial charge in [0.2, 0.25) is 6.71 Å². The maximum absolute atomic E-state index is 4.37. The van der Waals surface area contributed by atoms with Gasteiger partial charge in [-0.1, -0.05) is 171 Å². The van der Waals surface area contributed by atoms with Crippen molar-refractivity contribution in [2.75, 3.05) is 0 Å². The monoisotopic (exact) mass is 765 g/mol. The molecule has 7 aromatic rings. The summed E-state index contributed by atoms with van der Waals surface area (Å²) in [4.78, 5) is 4.37. The van der Waals surface area contributed by atoms with Gasteiger partial charge < -0.3 is 0 Å². The lowest BCUT2D eigenvalue weighted by atomic mass is 9.34. The van der Waals surface area contributed by atoms with Crippen LogP contribution in [0.15, 0.2) is 146 Å². The molecule has 59 heavy (non-hydrogen) atoms. The maximum Gasteiger partial charge on any atom is 0.242 e. The summed E-state index contributed by atoms with van der Waals surface area (Å²) in [6, 6.07) is 51.6. The van der Waals surface area contributed by atoms with Gasteiger partial charge in [0, 0.05) is 12.4 Å². The Bertz CT molecular complexity index is 2570. The van der Waals surface area contributed by atoms with Crippen LogP contribution in [0.5, 0.6) is 0 Å². The number of nitrogens with zero attached hydrogens (tertiary/aromatic N) is 1. The predicted molar refractivity (Wildman–Crippen MR) is 251 cm³/mol. The first-order valence-electron chi connectivity index (χ1n) is 22.0. The van der Waals surface area contributed by atoms with Gasteiger partial charge >= 0.3 is 0 Å². The highest BCUT2D eigenvalue weighted by molar-refractivity contribution is 6.96. The maximum atomic E-state index is 4.37. The number of pyridine rings is 1. The van der Waals surface area contributed by atoms with Gasteiger partial charge in [0.25, 0.3) is 0 Å². The van der Waals surface area contributed by atoms with Gasteiger partial charge in [0.1, 0.15) is 0 Å². The molecule has 0 spiro atoms. The molecular weight excluding hydrogens is 709 g/mol. The van der Waals surface area contributed by atoms with Gasteiger partial charge in [0.05, 0.1) is 0 Å². The van der Waals surface area contributed by atoms with Crippen LogP contribution in [0.3, 0.4) is 0 Å². The lowest BCUT2D eigenvalue weighted by Gasteiger charge is -2.63. The summed E-state index contributed by atoms with van der Waals surface area (Å²) in [6.07, 6.45) is 11.9. The van der Waals surface area contributed by atoms with E-state index in [1.54, 1.807) is 11.1 Å². The van der Waals surface area contributed by atoms with Crippen LogP contribution in [0, 0.1) is 53.4 Å². The molecule has 292 valence electrons. The molecule has 0 N–H and O–H groups in total. The average molecular weight is 766 g/mol. The fraction of sp³-hybridized carbons (Fsp3) is 0.281. The van der Waals surface area contributed by atoms with Crippen molar-refractivity contribution in [1.29, 1.82) is 0 Å². The highest BCUT2D eigenvalue weighted by Crippen LogP contribution is 2.66. The van der Waals surface area contributed by atoms with Crippen molar-refractivity contribution < 1.29 is 0 Å². The standard InChI is InChI=1S/C57H56BN/c1-37-24-39(3)54(40(4)25-37)58(55-41(5)26-38(2)27-42(55)6)53-14-8-12-49(30-53)48-11-7-10-47(29-48)45-15-19-51(20-16-45)56-31-43-28-44(32-56)34-57(33-43,36-56)52-21-17-46(18-22-52)50-13-9-23-59-35-50/h7-27,29-30,35,43-44H,28,31-34,36H2,1-6H3. The van der Waals surface area contributed by atoms with E-state index < -0.39 is 0 Å².